The van der Waals surface area contributed by atoms with Gasteiger partial charge in [0.2, 0.25) is 0 Å². The van der Waals surface area contributed by atoms with Crippen molar-refractivity contribution in [1.82, 2.24) is 4.98 Å². The number of methoxy groups -OCH3 is 1. The average molecular weight is 373 g/mol. The summed E-state index contributed by atoms with van der Waals surface area (Å²) >= 11 is 5.95. The molecular weight excluding hydrogens is 356 g/mol. The molecule has 1 atom stereocenters. The Kier molecular flexibility index (Phi) is 5.14. The number of esters is 1. The summed E-state index contributed by atoms with van der Waals surface area (Å²) in [7, 11) is 1.49. The molecule has 1 heterocycles. The van der Waals surface area contributed by atoms with E-state index in [0.29, 0.717) is 22.0 Å². The number of anilines is 1. The van der Waals surface area contributed by atoms with Crippen molar-refractivity contribution in [2.75, 3.05) is 12.4 Å². The van der Waals surface area contributed by atoms with Crippen LogP contribution >= 0.6 is 11.6 Å². The summed E-state index contributed by atoms with van der Waals surface area (Å²) in [6, 6.07) is 12.2. The molecule has 0 unspecified atom stereocenters. The molecule has 3 rings (SSSR count). The van der Waals surface area contributed by atoms with Crippen molar-refractivity contribution >= 4 is 40.1 Å². The van der Waals surface area contributed by atoms with E-state index in [9.17, 15) is 9.59 Å². The quantitative estimate of drug-likeness (QED) is 0.663. The van der Waals surface area contributed by atoms with E-state index in [0.717, 1.165) is 10.9 Å². The molecule has 1 aromatic heterocycles. The zero-order valence-corrected chi connectivity index (χ0v) is 15.0. The van der Waals surface area contributed by atoms with Crippen molar-refractivity contribution < 1.29 is 19.1 Å². The minimum Gasteiger partial charge on any atom is -0.495 e. The number of carbonyl (C=O) groups is 2. The Bertz CT molecular complexity index is 967. The second kappa shape index (κ2) is 7.49. The van der Waals surface area contributed by atoms with Gasteiger partial charge in [0.25, 0.3) is 5.91 Å². The van der Waals surface area contributed by atoms with Gasteiger partial charge in [-0.1, -0.05) is 29.8 Å². The van der Waals surface area contributed by atoms with E-state index in [-0.39, 0.29) is 0 Å². The van der Waals surface area contributed by atoms with E-state index in [4.69, 9.17) is 21.1 Å². The van der Waals surface area contributed by atoms with Crippen LogP contribution in [0.4, 0.5) is 5.69 Å². The predicted octanol–water partition coefficient (Wildman–Crippen LogP) is 4.01. The summed E-state index contributed by atoms with van der Waals surface area (Å²) in [5, 5.41) is 3.84. The molecule has 0 saturated heterocycles. The summed E-state index contributed by atoms with van der Waals surface area (Å²) in [6.45, 7) is 1.50. The number of ether oxygens (including phenoxy) is 2. The Morgan fingerprint density at radius 3 is 2.73 bits per heavy atom. The number of H-pyrrole nitrogens is 1. The normalized spacial score (nSPS) is 11.8. The first kappa shape index (κ1) is 17.8. The summed E-state index contributed by atoms with van der Waals surface area (Å²) < 4.78 is 10.5. The van der Waals surface area contributed by atoms with Gasteiger partial charge in [0.05, 0.1) is 18.4 Å². The molecule has 26 heavy (non-hydrogen) atoms. The summed E-state index contributed by atoms with van der Waals surface area (Å²) in [6.07, 6.45) is 0.567. The molecule has 6 nitrogen and oxygen atoms in total. The van der Waals surface area contributed by atoms with Gasteiger partial charge in [0, 0.05) is 22.1 Å². The zero-order chi connectivity index (χ0) is 18.7. The second-order valence-electron chi connectivity index (χ2n) is 5.63. The van der Waals surface area contributed by atoms with Crippen molar-refractivity contribution in [3.8, 4) is 5.75 Å². The van der Waals surface area contributed by atoms with E-state index in [1.807, 2.05) is 24.3 Å². The van der Waals surface area contributed by atoms with Crippen LogP contribution in [0.1, 0.15) is 17.3 Å². The number of fused-ring (bicyclic) bond motifs is 1. The van der Waals surface area contributed by atoms with Gasteiger partial charge in [0.1, 0.15) is 5.75 Å². The zero-order valence-electron chi connectivity index (χ0n) is 14.2. The lowest BCUT2D eigenvalue weighted by atomic mass is 10.2. The Morgan fingerprint density at radius 1 is 1.19 bits per heavy atom. The lowest BCUT2D eigenvalue weighted by molar-refractivity contribution is -0.123. The molecule has 0 aliphatic carbocycles. The molecule has 3 aromatic rings. The number of nitrogens with one attached hydrogen (secondary N) is 2. The van der Waals surface area contributed by atoms with Crippen LogP contribution in [0.3, 0.4) is 0 Å². The maximum Gasteiger partial charge on any atom is 0.341 e. The van der Waals surface area contributed by atoms with Crippen LogP contribution in [-0.2, 0) is 9.53 Å². The molecule has 0 aliphatic rings. The minimum absolute atomic E-state index is 0.376. The number of carbonyl (C=O) groups excluding carboxylic acids is 2. The highest BCUT2D eigenvalue weighted by Gasteiger charge is 2.22. The van der Waals surface area contributed by atoms with Gasteiger partial charge >= 0.3 is 5.97 Å². The van der Waals surface area contributed by atoms with Gasteiger partial charge in [-0.2, -0.15) is 0 Å². The van der Waals surface area contributed by atoms with Gasteiger partial charge in [-0.15, -0.1) is 0 Å². The number of halogens is 1. The molecule has 0 bridgehead atoms. The molecule has 1 amide bonds. The number of aromatic nitrogens is 1. The van der Waals surface area contributed by atoms with E-state index in [1.54, 1.807) is 24.4 Å². The molecule has 0 spiro atoms. The lowest BCUT2D eigenvalue weighted by Gasteiger charge is -2.15. The molecule has 0 radical (unpaired) electrons. The van der Waals surface area contributed by atoms with Crippen molar-refractivity contribution in [1.29, 1.82) is 0 Å². The fraction of sp³-hybridized carbons (Fsp3) is 0.158. The molecule has 2 N–H and O–H groups in total. The third-order valence-corrected chi connectivity index (χ3v) is 4.12. The van der Waals surface area contributed by atoms with Crippen LogP contribution < -0.4 is 10.1 Å². The summed E-state index contributed by atoms with van der Waals surface area (Å²) in [5.74, 6) is -0.611. The Balaban J connectivity index is 1.71. The Hall–Kier alpha value is -2.99. The number of para-hydroxylation sites is 1. The van der Waals surface area contributed by atoms with Crippen LogP contribution in [0.2, 0.25) is 5.02 Å². The van der Waals surface area contributed by atoms with E-state index in [2.05, 4.69) is 10.3 Å². The Morgan fingerprint density at radius 2 is 1.96 bits per heavy atom. The predicted molar refractivity (Wildman–Crippen MR) is 99.8 cm³/mol. The van der Waals surface area contributed by atoms with E-state index in [1.165, 1.54) is 14.0 Å². The molecule has 0 saturated carbocycles. The monoisotopic (exact) mass is 372 g/mol. The first-order chi connectivity index (χ1) is 12.5. The number of benzene rings is 2. The Labute approximate surface area is 155 Å². The van der Waals surface area contributed by atoms with Crippen LogP contribution in [0.15, 0.2) is 48.7 Å². The van der Waals surface area contributed by atoms with Crippen LogP contribution in [0.5, 0.6) is 5.75 Å². The summed E-state index contributed by atoms with van der Waals surface area (Å²) in [5.41, 5.74) is 1.60. The van der Waals surface area contributed by atoms with E-state index >= 15 is 0 Å². The average Bonchev–Trinajstić information content (AvgIpc) is 3.06. The fourth-order valence-corrected chi connectivity index (χ4v) is 2.70. The maximum atomic E-state index is 12.4. The largest absolute Gasteiger partial charge is 0.495 e. The maximum absolute atomic E-state index is 12.4. The number of rotatable bonds is 5. The number of hydrogen-bond donors (Lipinski definition) is 2. The van der Waals surface area contributed by atoms with Crippen molar-refractivity contribution in [2.45, 2.75) is 13.0 Å². The number of hydrogen-bond acceptors (Lipinski definition) is 4. The highest BCUT2D eigenvalue weighted by atomic mass is 35.5. The highest BCUT2D eigenvalue weighted by Crippen LogP contribution is 2.28. The number of amides is 1. The van der Waals surface area contributed by atoms with Gasteiger partial charge in [-0.3, -0.25) is 4.79 Å². The third kappa shape index (κ3) is 3.65. The first-order valence-corrected chi connectivity index (χ1v) is 8.29. The van der Waals surface area contributed by atoms with Crippen molar-refractivity contribution in [3.05, 3.63) is 59.2 Å². The van der Waals surface area contributed by atoms with Crippen molar-refractivity contribution in [2.24, 2.45) is 0 Å². The fourth-order valence-electron chi connectivity index (χ4n) is 2.53. The smallest absolute Gasteiger partial charge is 0.341 e. The topological polar surface area (TPSA) is 80.4 Å². The van der Waals surface area contributed by atoms with Gasteiger partial charge in [-0.25, -0.2) is 4.79 Å². The van der Waals surface area contributed by atoms with Gasteiger partial charge < -0.3 is 19.8 Å². The van der Waals surface area contributed by atoms with Crippen molar-refractivity contribution in [3.63, 3.8) is 0 Å². The molecule has 134 valence electrons. The van der Waals surface area contributed by atoms with Gasteiger partial charge in [0.15, 0.2) is 6.10 Å². The number of aromatic amines is 1. The van der Waals surface area contributed by atoms with Gasteiger partial charge in [-0.05, 0) is 31.2 Å². The molecular formula is C19H17ClN2O4. The molecule has 0 fully saturated rings. The van der Waals surface area contributed by atoms with E-state index < -0.39 is 18.0 Å². The highest BCUT2D eigenvalue weighted by molar-refractivity contribution is 6.31. The standard InChI is InChI=1S/C19H17ClN2O4/c1-11(18(23)22-16-9-12(20)7-8-17(16)25-2)26-19(24)14-10-21-15-6-4-3-5-13(14)15/h3-11,21H,1-2H3,(H,22,23)/t11-/m0/s1. The molecule has 7 heteroatoms. The van der Waals surface area contributed by atoms with Crippen LogP contribution in [0, 0.1) is 0 Å². The summed E-state index contributed by atoms with van der Waals surface area (Å²) in [4.78, 5) is 27.8. The SMILES string of the molecule is COc1ccc(Cl)cc1NC(=O)[C@H](C)OC(=O)c1c[nH]c2ccccc12. The third-order valence-electron chi connectivity index (χ3n) is 3.88. The lowest BCUT2D eigenvalue weighted by Crippen LogP contribution is -2.30. The second-order valence-corrected chi connectivity index (χ2v) is 6.07. The van der Waals surface area contributed by atoms with Crippen LogP contribution in [-0.4, -0.2) is 30.1 Å². The molecule has 0 aliphatic heterocycles. The van der Waals surface area contributed by atoms with Crippen LogP contribution in [0.25, 0.3) is 10.9 Å². The minimum atomic E-state index is -1.00. The first-order valence-electron chi connectivity index (χ1n) is 7.91. The molecule has 2 aromatic carbocycles.